The van der Waals surface area contributed by atoms with Crippen molar-refractivity contribution in [2.24, 2.45) is 23.2 Å². The van der Waals surface area contributed by atoms with Crippen LogP contribution in [-0.2, 0) is 31.3 Å². The van der Waals surface area contributed by atoms with Crippen LogP contribution in [-0.4, -0.2) is 85.1 Å². The topological polar surface area (TPSA) is 122 Å². The summed E-state index contributed by atoms with van der Waals surface area (Å²) in [7, 11) is -4.45. The molecule has 0 spiro atoms. The van der Waals surface area contributed by atoms with Crippen molar-refractivity contribution in [1.82, 2.24) is 13.9 Å². The number of nitrogens with zero attached hydrogens (tertiary/aromatic N) is 2. The molecule has 212 valence electrons. The van der Waals surface area contributed by atoms with Crippen molar-refractivity contribution >= 4 is 26.0 Å². The van der Waals surface area contributed by atoms with Gasteiger partial charge < -0.3 is 14.4 Å². The Morgan fingerprint density at radius 3 is 1.95 bits per heavy atom. The van der Waals surface area contributed by atoms with Crippen molar-refractivity contribution < 1.29 is 31.1 Å². The van der Waals surface area contributed by atoms with Crippen molar-refractivity contribution in [3.63, 3.8) is 0 Å². The summed E-state index contributed by atoms with van der Waals surface area (Å²) in [5.41, 5.74) is 0.199. The number of ether oxygens (including phenoxy) is 2. The van der Waals surface area contributed by atoms with E-state index in [-0.39, 0.29) is 48.0 Å². The summed E-state index contributed by atoms with van der Waals surface area (Å²) in [5, 5.41) is 0. The maximum absolute atomic E-state index is 13.8. The Kier molecular flexibility index (Phi) is 7.47. The number of carbonyl (C=O) groups is 1. The van der Waals surface area contributed by atoms with Crippen molar-refractivity contribution in [2.45, 2.75) is 49.8 Å². The third-order valence-electron chi connectivity index (χ3n) is 8.96. The molecule has 0 radical (unpaired) electrons. The molecule has 1 saturated heterocycles. The quantitative estimate of drug-likeness (QED) is 0.482. The molecule has 1 heterocycles. The van der Waals surface area contributed by atoms with Gasteiger partial charge in [0.2, 0.25) is 26.0 Å². The molecule has 12 heteroatoms. The fraction of sp³-hybridized carbons (Fsp3) is 0.731. The molecule has 1 aliphatic heterocycles. The molecule has 4 saturated carbocycles. The van der Waals surface area contributed by atoms with E-state index in [2.05, 4.69) is 4.72 Å². The van der Waals surface area contributed by atoms with Crippen LogP contribution in [0.3, 0.4) is 0 Å². The smallest absolute Gasteiger partial charge is 0.243 e. The zero-order valence-corrected chi connectivity index (χ0v) is 24.1. The number of amides is 1. The van der Waals surface area contributed by atoms with Gasteiger partial charge in [-0.25, -0.2) is 21.6 Å². The van der Waals surface area contributed by atoms with Crippen molar-refractivity contribution in [3.8, 4) is 11.5 Å². The van der Waals surface area contributed by atoms with Gasteiger partial charge in [-0.1, -0.05) is 0 Å². The molecule has 0 aromatic heterocycles. The molecular formula is C26H39N3O7S2. The highest BCUT2D eigenvalue weighted by molar-refractivity contribution is 7.89. The Balaban J connectivity index is 1.32. The second-order valence-corrected chi connectivity index (χ2v) is 15.4. The molecule has 5 aliphatic rings. The highest BCUT2D eigenvalue weighted by atomic mass is 32.2. The average molecular weight is 570 g/mol. The number of carbonyl (C=O) groups excluding carboxylic acids is 1. The highest BCUT2D eigenvalue weighted by Crippen LogP contribution is 2.60. The van der Waals surface area contributed by atoms with Crippen LogP contribution in [0.15, 0.2) is 17.0 Å². The number of methoxy groups -OCH3 is 2. The summed E-state index contributed by atoms with van der Waals surface area (Å²) in [4.78, 5) is 15.7. The molecule has 0 unspecified atom stereocenters. The van der Waals surface area contributed by atoms with E-state index in [0.717, 1.165) is 25.5 Å². The normalized spacial score (nSPS) is 29.4. The minimum Gasteiger partial charge on any atom is -0.493 e. The van der Waals surface area contributed by atoms with E-state index in [9.17, 15) is 21.6 Å². The largest absolute Gasteiger partial charge is 0.493 e. The van der Waals surface area contributed by atoms with Gasteiger partial charge in [0.15, 0.2) is 11.5 Å². The maximum Gasteiger partial charge on any atom is 0.243 e. The van der Waals surface area contributed by atoms with Crippen LogP contribution in [0.25, 0.3) is 0 Å². The lowest BCUT2D eigenvalue weighted by Gasteiger charge is -2.57. The lowest BCUT2D eigenvalue weighted by molar-refractivity contribution is -0.158. The Morgan fingerprint density at radius 1 is 0.921 bits per heavy atom. The van der Waals surface area contributed by atoms with Gasteiger partial charge in [0.25, 0.3) is 0 Å². The number of piperazine rings is 1. The predicted molar refractivity (Wildman–Crippen MR) is 142 cm³/mol. The number of sulfonamides is 2. The fourth-order valence-corrected chi connectivity index (χ4v) is 9.83. The first-order chi connectivity index (χ1) is 17.9. The SMILES string of the molecule is COc1cc(CCNS(C)(=O)=O)c(S(=O)(=O)N2CCN(C(=O)C34CC5CC(CC(C5)C3)C4)CC2)cc1OC. The number of hydrogen-bond acceptors (Lipinski definition) is 7. The average Bonchev–Trinajstić information content (AvgIpc) is 2.86. The van der Waals surface area contributed by atoms with Gasteiger partial charge in [0.05, 0.1) is 30.8 Å². The molecule has 6 rings (SSSR count). The Labute approximate surface area is 226 Å². The predicted octanol–water partition coefficient (Wildman–Crippen LogP) is 1.84. The highest BCUT2D eigenvalue weighted by Gasteiger charge is 2.55. The fourth-order valence-electron chi connectivity index (χ4n) is 7.69. The molecule has 1 aromatic carbocycles. The molecular weight excluding hydrogens is 530 g/mol. The van der Waals surface area contributed by atoms with E-state index in [0.29, 0.717) is 42.2 Å². The van der Waals surface area contributed by atoms with Crippen LogP contribution in [0.5, 0.6) is 11.5 Å². The third kappa shape index (κ3) is 5.29. The van der Waals surface area contributed by atoms with E-state index < -0.39 is 20.0 Å². The summed E-state index contributed by atoms with van der Waals surface area (Å²) < 4.78 is 65.3. The minimum absolute atomic E-state index is 0.0458. The van der Waals surface area contributed by atoms with E-state index in [1.807, 2.05) is 4.90 Å². The van der Waals surface area contributed by atoms with E-state index in [1.165, 1.54) is 43.9 Å². The zero-order valence-electron chi connectivity index (χ0n) is 22.4. The summed E-state index contributed by atoms with van der Waals surface area (Å²) >= 11 is 0. The molecule has 1 amide bonds. The standard InChI is InChI=1S/C26H39N3O7S2/c1-35-22-13-21(4-5-27-37(3,31)32)24(14-23(22)36-2)38(33,34)29-8-6-28(7-9-29)25(30)26-15-18-10-19(16-26)12-20(11-18)17-26/h13-14,18-20,27H,4-12,15-17H2,1-3H3. The molecule has 1 aromatic rings. The number of rotatable bonds is 9. The van der Waals surface area contributed by atoms with Crippen LogP contribution >= 0.6 is 0 Å². The number of benzene rings is 1. The summed E-state index contributed by atoms with van der Waals surface area (Å²) in [6, 6.07) is 3.03. The van der Waals surface area contributed by atoms with Gasteiger partial charge in [-0.3, -0.25) is 4.79 Å². The second kappa shape index (κ2) is 10.3. The molecule has 38 heavy (non-hydrogen) atoms. The Hall–Kier alpha value is -1.89. The summed E-state index contributed by atoms with van der Waals surface area (Å²) in [5.74, 6) is 2.90. The second-order valence-electron chi connectivity index (χ2n) is 11.6. The van der Waals surface area contributed by atoms with Crippen molar-refractivity contribution in [3.05, 3.63) is 17.7 Å². The first kappa shape index (κ1) is 27.7. The number of nitrogens with one attached hydrogen (secondary N) is 1. The lowest BCUT2D eigenvalue weighted by Crippen LogP contribution is -2.58. The van der Waals surface area contributed by atoms with Crippen LogP contribution in [0.4, 0.5) is 0 Å². The summed E-state index contributed by atoms with van der Waals surface area (Å²) in [6.07, 6.45) is 8.01. The minimum atomic E-state index is -3.93. The van der Waals surface area contributed by atoms with Crippen molar-refractivity contribution in [1.29, 1.82) is 0 Å². The van der Waals surface area contributed by atoms with E-state index in [1.54, 1.807) is 6.07 Å². The van der Waals surface area contributed by atoms with Gasteiger partial charge in [0, 0.05) is 38.8 Å². The van der Waals surface area contributed by atoms with Crippen LogP contribution < -0.4 is 14.2 Å². The molecule has 0 atom stereocenters. The van der Waals surface area contributed by atoms with E-state index >= 15 is 0 Å². The van der Waals surface area contributed by atoms with Crippen molar-refractivity contribution in [2.75, 3.05) is 53.2 Å². The van der Waals surface area contributed by atoms with Gasteiger partial charge in [-0.2, -0.15) is 4.31 Å². The van der Waals surface area contributed by atoms with Gasteiger partial charge in [0.1, 0.15) is 0 Å². The van der Waals surface area contributed by atoms with Crippen LogP contribution in [0.2, 0.25) is 0 Å². The molecule has 5 fully saturated rings. The molecule has 1 N–H and O–H groups in total. The first-order valence-corrected chi connectivity index (χ1v) is 16.8. The Morgan fingerprint density at radius 2 is 1.45 bits per heavy atom. The number of hydrogen-bond donors (Lipinski definition) is 1. The monoisotopic (exact) mass is 569 g/mol. The Bertz CT molecular complexity index is 1250. The van der Waals surface area contributed by atoms with Crippen LogP contribution in [0.1, 0.15) is 44.1 Å². The lowest BCUT2D eigenvalue weighted by atomic mass is 9.49. The van der Waals surface area contributed by atoms with E-state index in [4.69, 9.17) is 9.47 Å². The van der Waals surface area contributed by atoms with Gasteiger partial charge >= 0.3 is 0 Å². The summed E-state index contributed by atoms with van der Waals surface area (Å²) in [6.45, 7) is 1.23. The third-order valence-corrected chi connectivity index (χ3v) is 11.7. The van der Waals surface area contributed by atoms with Gasteiger partial charge in [-0.15, -0.1) is 0 Å². The van der Waals surface area contributed by atoms with Gasteiger partial charge in [-0.05, 0) is 74.3 Å². The zero-order chi connectivity index (χ0) is 27.3. The molecule has 10 nitrogen and oxygen atoms in total. The van der Waals surface area contributed by atoms with Crippen LogP contribution in [0, 0.1) is 23.2 Å². The molecule has 4 aliphatic carbocycles. The first-order valence-electron chi connectivity index (χ1n) is 13.4. The maximum atomic E-state index is 13.8. The molecule has 4 bridgehead atoms.